The van der Waals surface area contributed by atoms with Gasteiger partial charge in [-0.25, -0.2) is 0 Å². The van der Waals surface area contributed by atoms with E-state index in [9.17, 15) is 4.79 Å². The number of nitrogens with two attached hydrogens (primary N) is 1. The zero-order valence-corrected chi connectivity index (χ0v) is 12.3. The Bertz CT molecular complexity index is 455. The number of amides is 1. The maximum Gasteiger partial charge on any atom is 0.240 e. The predicted molar refractivity (Wildman–Crippen MR) is 76.0 cm³/mol. The Morgan fingerprint density at radius 2 is 2.11 bits per heavy atom. The Morgan fingerprint density at radius 3 is 2.67 bits per heavy atom. The molecule has 3 nitrogen and oxygen atoms in total. The van der Waals surface area contributed by atoms with Crippen LogP contribution >= 0.6 is 15.9 Å². The van der Waals surface area contributed by atoms with Gasteiger partial charge >= 0.3 is 0 Å². The summed E-state index contributed by atoms with van der Waals surface area (Å²) in [4.78, 5) is 12.2. The molecule has 98 valence electrons. The Hall–Kier alpha value is -0.870. The second kappa shape index (κ2) is 5.02. The summed E-state index contributed by atoms with van der Waals surface area (Å²) in [6, 6.07) is 7.85. The van der Waals surface area contributed by atoms with Gasteiger partial charge in [0.15, 0.2) is 0 Å². The van der Waals surface area contributed by atoms with Crippen LogP contribution in [0.5, 0.6) is 0 Å². The predicted octanol–water partition coefficient (Wildman–Crippen LogP) is 2.75. The van der Waals surface area contributed by atoms with Crippen LogP contribution in [0, 0.1) is 5.92 Å². The minimum absolute atomic E-state index is 0.0466. The second-order valence-electron chi connectivity index (χ2n) is 5.27. The van der Waals surface area contributed by atoms with E-state index in [4.69, 9.17) is 5.73 Å². The molecule has 4 heteroatoms. The molecule has 0 saturated heterocycles. The number of hydrogen-bond acceptors (Lipinski definition) is 2. The molecule has 3 N–H and O–H groups in total. The normalized spacial score (nSPS) is 20.0. The monoisotopic (exact) mass is 310 g/mol. The molecule has 1 aliphatic carbocycles. The Balaban J connectivity index is 2.05. The zero-order valence-electron chi connectivity index (χ0n) is 10.7. The van der Waals surface area contributed by atoms with Crippen molar-refractivity contribution in [3.8, 4) is 0 Å². The van der Waals surface area contributed by atoms with Gasteiger partial charge in [0.25, 0.3) is 0 Å². The number of nitrogens with one attached hydrogen (secondary N) is 1. The van der Waals surface area contributed by atoms with Crippen LogP contribution in [-0.4, -0.2) is 11.4 Å². The summed E-state index contributed by atoms with van der Waals surface area (Å²) >= 11 is 3.50. The van der Waals surface area contributed by atoms with Crippen molar-refractivity contribution in [3.05, 3.63) is 34.3 Å². The first-order valence-electron chi connectivity index (χ1n) is 6.27. The van der Waals surface area contributed by atoms with Crippen molar-refractivity contribution in [3.63, 3.8) is 0 Å². The van der Waals surface area contributed by atoms with E-state index in [-0.39, 0.29) is 11.9 Å². The van der Waals surface area contributed by atoms with Crippen molar-refractivity contribution in [1.82, 2.24) is 5.32 Å². The molecule has 18 heavy (non-hydrogen) atoms. The maximum absolute atomic E-state index is 12.2. The van der Waals surface area contributed by atoms with Gasteiger partial charge < -0.3 is 11.1 Å². The van der Waals surface area contributed by atoms with Crippen molar-refractivity contribution in [2.24, 2.45) is 11.7 Å². The van der Waals surface area contributed by atoms with E-state index in [2.05, 4.69) is 21.2 Å². The molecule has 1 aliphatic rings. The molecule has 1 aromatic rings. The molecule has 0 aliphatic heterocycles. The summed E-state index contributed by atoms with van der Waals surface area (Å²) in [5.41, 5.74) is 6.43. The average molecular weight is 311 g/mol. The van der Waals surface area contributed by atoms with Gasteiger partial charge in [-0.3, -0.25) is 4.79 Å². The molecular weight excluding hydrogens is 292 g/mol. The van der Waals surface area contributed by atoms with E-state index in [1.54, 1.807) is 0 Å². The molecule has 0 heterocycles. The Labute approximate surface area is 116 Å². The lowest BCUT2D eigenvalue weighted by Crippen LogP contribution is -2.53. The third-order valence-electron chi connectivity index (χ3n) is 3.63. The smallest absolute Gasteiger partial charge is 0.240 e. The highest BCUT2D eigenvalue weighted by molar-refractivity contribution is 9.10. The topological polar surface area (TPSA) is 55.1 Å². The number of halogens is 1. The van der Waals surface area contributed by atoms with Gasteiger partial charge in [0, 0.05) is 4.47 Å². The molecule has 0 spiro atoms. The molecule has 1 saturated carbocycles. The number of hydrogen-bond donors (Lipinski definition) is 2. The van der Waals surface area contributed by atoms with E-state index in [1.807, 2.05) is 38.1 Å². The van der Waals surface area contributed by atoms with Crippen molar-refractivity contribution in [2.75, 3.05) is 0 Å². The fraction of sp³-hybridized carbons (Fsp3) is 0.500. The second-order valence-corrected chi connectivity index (χ2v) is 6.13. The summed E-state index contributed by atoms with van der Waals surface area (Å²) in [5, 5.41) is 3.00. The quantitative estimate of drug-likeness (QED) is 0.898. The third kappa shape index (κ3) is 2.75. The third-order valence-corrected chi connectivity index (χ3v) is 4.36. The number of carbonyl (C=O) groups is 1. The van der Waals surface area contributed by atoms with Crippen molar-refractivity contribution in [2.45, 2.75) is 38.3 Å². The van der Waals surface area contributed by atoms with E-state index < -0.39 is 5.54 Å². The van der Waals surface area contributed by atoms with Crippen LogP contribution in [0.15, 0.2) is 28.7 Å². The standard InChI is InChI=1S/C14H19BrN2O/c1-9(11-5-3-4-6-12(11)15)17-13(18)14(2,16)10-7-8-10/h3-6,9-10H,7-8,16H2,1-2H3,(H,17,18). The summed E-state index contributed by atoms with van der Waals surface area (Å²) in [6.45, 7) is 3.80. The van der Waals surface area contributed by atoms with E-state index in [0.717, 1.165) is 22.9 Å². The minimum atomic E-state index is -0.741. The molecule has 2 rings (SSSR count). The van der Waals surface area contributed by atoms with Gasteiger partial charge in [0.1, 0.15) is 0 Å². The first-order valence-corrected chi connectivity index (χ1v) is 7.06. The molecule has 2 atom stereocenters. The molecule has 0 bridgehead atoms. The van der Waals surface area contributed by atoms with Gasteiger partial charge in [-0.1, -0.05) is 34.1 Å². The van der Waals surface area contributed by atoms with Crippen LogP contribution in [0.3, 0.4) is 0 Å². The Kier molecular flexibility index (Phi) is 3.78. The lowest BCUT2D eigenvalue weighted by atomic mass is 9.95. The summed E-state index contributed by atoms with van der Waals surface area (Å²) in [6.07, 6.45) is 2.12. The number of benzene rings is 1. The highest BCUT2D eigenvalue weighted by Crippen LogP contribution is 2.38. The number of carbonyl (C=O) groups excluding carboxylic acids is 1. The van der Waals surface area contributed by atoms with Gasteiger partial charge in [-0.2, -0.15) is 0 Å². The first-order chi connectivity index (χ1) is 8.43. The van der Waals surface area contributed by atoms with Crippen molar-refractivity contribution >= 4 is 21.8 Å². The summed E-state index contributed by atoms with van der Waals surface area (Å²) in [7, 11) is 0. The summed E-state index contributed by atoms with van der Waals surface area (Å²) < 4.78 is 1.00. The SMILES string of the molecule is CC(NC(=O)C(C)(N)C1CC1)c1ccccc1Br. The van der Waals surface area contributed by atoms with E-state index in [0.29, 0.717) is 5.92 Å². The highest BCUT2D eigenvalue weighted by Gasteiger charge is 2.44. The average Bonchev–Trinajstić information content (AvgIpc) is 3.13. The van der Waals surface area contributed by atoms with Crippen LogP contribution in [0.25, 0.3) is 0 Å². The maximum atomic E-state index is 12.2. The molecular formula is C14H19BrN2O. The first kappa shape index (κ1) is 13.6. The fourth-order valence-electron chi connectivity index (χ4n) is 2.12. The van der Waals surface area contributed by atoms with Crippen LogP contribution in [0.2, 0.25) is 0 Å². The largest absolute Gasteiger partial charge is 0.348 e. The van der Waals surface area contributed by atoms with Crippen LogP contribution < -0.4 is 11.1 Å². The number of rotatable bonds is 4. The van der Waals surface area contributed by atoms with Crippen molar-refractivity contribution in [1.29, 1.82) is 0 Å². The van der Waals surface area contributed by atoms with Gasteiger partial charge in [0.2, 0.25) is 5.91 Å². The molecule has 1 aromatic carbocycles. The Morgan fingerprint density at radius 1 is 1.50 bits per heavy atom. The molecule has 1 fully saturated rings. The van der Waals surface area contributed by atoms with Crippen molar-refractivity contribution < 1.29 is 4.79 Å². The minimum Gasteiger partial charge on any atom is -0.348 e. The van der Waals surface area contributed by atoms with Crippen LogP contribution in [0.1, 0.15) is 38.3 Å². The highest BCUT2D eigenvalue weighted by atomic mass is 79.9. The van der Waals surface area contributed by atoms with E-state index >= 15 is 0 Å². The molecule has 0 aromatic heterocycles. The lowest BCUT2D eigenvalue weighted by molar-refractivity contribution is -0.127. The lowest BCUT2D eigenvalue weighted by Gasteiger charge is -2.26. The molecule has 2 unspecified atom stereocenters. The van der Waals surface area contributed by atoms with Gasteiger partial charge in [0.05, 0.1) is 11.6 Å². The van der Waals surface area contributed by atoms with Crippen LogP contribution in [-0.2, 0) is 4.79 Å². The van der Waals surface area contributed by atoms with Crippen LogP contribution in [0.4, 0.5) is 0 Å². The molecule has 1 amide bonds. The molecule has 0 radical (unpaired) electrons. The zero-order chi connectivity index (χ0) is 13.3. The van der Waals surface area contributed by atoms with Gasteiger partial charge in [-0.15, -0.1) is 0 Å². The van der Waals surface area contributed by atoms with Gasteiger partial charge in [-0.05, 0) is 44.2 Å². The fourth-order valence-corrected chi connectivity index (χ4v) is 2.75. The van der Waals surface area contributed by atoms with E-state index in [1.165, 1.54) is 0 Å². The summed E-state index contributed by atoms with van der Waals surface area (Å²) in [5.74, 6) is 0.275.